The van der Waals surface area contributed by atoms with Crippen molar-refractivity contribution in [1.29, 1.82) is 0 Å². The van der Waals surface area contributed by atoms with Gasteiger partial charge >= 0.3 is 0 Å². The molecule has 0 saturated heterocycles. The highest BCUT2D eigenvalue weighted by atomic mass is 16.5. The SMILES string of the molecule is Cc1cccc(OCCCC(=O)NC2CCCCC2O)c1. The molecule has 1 amide bonds. The third-order valence-corrected chi connectivity index (χ3v) is 3.88. The molecule has 2 N–H and O–H groups in total. The van der Waals surface area contributed by atoms with Gasteiger partial charge in [0.2, 0.25) is 5.91 Å². The second-order valence-corrected chi connectivity index (χ2v) is 5.79. The number of aliphatic hydroxyl groups is 1. The first-order valence-electron chi connectivity index (χ1n) is 7.82. The van der Waals surface area contributed by atoms with Crippen LogP contribution in [0.5, 0.6) is 5.75 Å². The molecule has 4 heteroatoms. The number of hydrogen-bond acceptors (Lipinski definition) is 3. The molecule has 2 atom stereocenters. The molecule has 1 aliphatic rings. The highest BCUT2D eigenvalue weighted by Crippen LogP contribution is 2.18. The molecule has 0 heterocycles. The highest BCUT2D eigenvalue weighted by Gasteiger charge is 2.24. The van der Waals surface area contributed by atoms with Gasteiger partial charge in [0.15, 0.2) is 0 Å². The fourth-order valence-electron chi connectivity index (χ4n) is 2.69. The van der Waals surface area contributed by atoms with Crippen molar-refractivity contribution in [3.05, 3.63) is 29.8 Å². The Hall–Kier alpha value is -1.55. The first-order chi connectivity index (χ1) is 10.1. The Bertz CT molecular complexity index is 461. The van der Waals surface area contributed by atoms with E-state index in [1.807, 2.05) is 31.2 Å². The molecule has 2 rings (SSSR count). The fourth-order valence-corrected chi connectivity index (χ4v) is 2.69. The van der Waals surface area contributed by atoms with E-state index in [2.05, 4.69) is 5.32 Å². The zero-order valence-corrected chi connectivity index (χ0v) is 12.7. The molecule has 0 aliphatic heterocycles. The molecule has 0 aromatic heterocycles. The second-order valence-electron chi connectivity index (χ2n) is 5.79. The monoisotopic (exact) mass is 291 g/mol. The summed E-state index contributed by atoms with van der Waals surface area (Å²) < 4.78 is 5.62. The summed E-state index contributed by atoms with van der Waals surface area (Å²) in [5.74, 6) is 0.854. The molecule has 4 nitrogen and oxygen atoms in total. The molecule has 21 heavy (non-hydrogen) atoms. The summed E-state index contributed by atoms with van der Waals surface area (Å²) in [5, 5.41) is 12.8. The number of ether oxygens (including phenoxy) is 1. The van der Waals surface area contributed by atoms with Gasteiger partial charge in [0.1, 0.15) is 5.75 Å². The molecule has 1 aliphatic carbocycles. The molecule has 1 aromatic rings. The van der Waals surface area contributed by atoms with Crippen molar-refractivity contribution in [2.45, 2.75) is 57.6 Å². The summed E-state index contributed by atoms with van der Waals surface area (Å²) in [4.78, 5) is 11.8. The van der Waals surface area contributed by atoms with Crippen molar-refractivity contribution < 1.29 is 14.6 Å². The van der Waals surface area contributed by atoms with Crippen LogP contribution in [0.1, 0.15) is 44.1 Å². The number of nitrogens with one attached hydrogen (secondary N) is 1. The summed E-state index contributed by atoms with van der Waals surface area (Å²) >= 11 is 0. The minimum Gasteiger partial charge on any atom is -0.494 e. The Kier molecular flexibility index (Phi) is 6.05. The van der Waals surface area contributed by atoms with Crippen molar-refractivity contribution >= 4 is 5.91 Å². The number of aryl methyl sites for hydroxylation is 1. The predicted molar refractivity (Wildman–Crippen MR) is 82.3 cm³/mol. The first-order valence-corrected chi connectivity index (χ1v) is 7.82. The summed E-state index contributed by atoms with van der Waals surface area (Å²) in [5.41, 5.74) is 1.16. The van der Waals surface area contributed by atoms with Crippen molar-refractivity contribution in [1.82, 2.24) is 5.32 Å². The number of aliphatic hydroxyl groups excluding tert-OH is 1. The molecule has 1 aromatic carbocycles. The molecule has 0 spiro atoms. The van der Waals surface area contributed by atoms with Gasteiger partial charge in [0.25, 0.3) is 0 Å². The predicted octanol–water partition coefficient (Wildman–Crippen LogP) is 2.57. The maximum absolute atomic E-state index is 11.8. The van der Waals surface area contributed by atoms with E-state index in [0.29, 0.717) is 19.4 Å². The first kappa shape index (κ1) is 15.8. The topological polar surface area (TPSA) is 58.6 Å². The number of carbonyl (C=O) groups excluding carboxylic acids is 1. The normalized spacial score (nSPS) is 21.8. The standard InChI is InChI=1S/C17H25NO3/c1-13-6-4-7-14(12-13)21-11-5-10-17(20)18-15-8-2-3-9-16(15)19/h4,6-7,12,15-16,19H,2-3,5,8-11H2,1H3,(H,18,20). The molecular formula is C17H25NO3. The lowest BCUT2D eigenvalue weighted by atomic mass is 9.92. The molecule has 1 saturated carbocycles. The van der Waals surface area contributed by atoms with Gasteiger partial charge in [-0.1, -0.05) is 25.0 Å². The third kappa shape index (κ3) is 5.38. The van der Waals surface area contributed by atoms with Crippen LogP contribution < -0.4 is 10.1 Å². The van der Waals surface area contributed by atoms with Gasteiger partial charge in [-0.2, -0.15) is 0 Å². The van der Waals surface area contributed by atoms with Crippen molar-refractivity contribution in [3.63, 3.8) is 0 Å². The largest absolute Gasteiger partial charge is 0.494 e. The second kappa shape index (κ2) is 8.03. The Labute approximate surface area is 126 Å². The van der Waals surface area contributed by atoms with E-state index in [9.17, 15) is 9.90 Å². The van der Waals surface area contributed by atoms with Crippen LogP contribution in [0.15, 0.2) is 24.3 Å². The van der Waals surface area contributed by atoms with Gasteiger partial charge in [-0.3, -0.25) is 4.79 Å². The molecule has 0 bridgehead atoms. The van der Waals surface area contributed by atoms with Gasteiger partial charge < -0.3 is 15.2 Å². The Morgan fingerprint density at radius 1 is 1.38 bits per heavy atom. The van der Waals surface area contributed by atoms with Crippen LogP contribution in [0.3, 0.4) is 0 Å². The minimum atomic E-state index is -0.383. The summed E-state index contributed by atoms with van der Waals surface area (Å²) in [6, 6.07) is 7.82. The van der Waals surface area contributed by atoms with E-state index < -0.39 is 0 Å². The average molecular weight is 291 g/mol. The number of rotatable bonds is 6. The number of amides is 1. The quantitative estimate of drug-likeness (QED) is 0.792. The van der Waals surface area contributed by atoms with Gasteiger partial charge in [-0.05, 0) is 43.9 Å². The molecule has 116 valence electrons. The van der Waals surface area contributed by atoms with Gasteiger partial charge in [0, 0.05) is 6.42 Å². The van der Waals surface area contributed by atoms with Crippen LogP contribution in [0.2, 0.25) is 0 Å². The van der Waals surface area contributed by atoms with Crippen LogP contribution in [-0.4, -0.2) is 29.8 Å². The lowest BCUT2D eigenvalue weighted by Crippen LogP contribution is -2.45. The van der Waals surface area contributed by atoms with Crippen molar-refractivity contribution in [2.24, 2.45) is 0 Å². The molecule has 1 fully saturated rings. The van der Waals surface area contributed by atoms with Gasteiger partial charge in [-0.15, -0.1) is 0 Å². The van der Waals surface area contributed by atoms with E-state index in [-0.39, 0.29) is 18.1 Å². The summed E-state index contributed by atoms with van der Waals surface area (Å²) in [6.07, 6.45) is 4.55. The van der Waals surface area contributed by atoms with Crippen LogP contribution in [0, 0.1) is 6.92 Å². The summed E-state index contributed by atoms with van der Waals surface area (Å²) in [7, 11) is 0. The zero-order chi connectivity index (χ0) is 15.1. The third-order valence-electron chi connectivity index (χ3n) is 3.88. The van der Waals surface area contributed by atoms with E-state index in [1.54, 1.807) is 0 Å². The van der Waals surface area contributed by atoms with Gasteiger partial charge in [-0.25, -0.2) is 0 Å². The lowest BCUT2D eigenvalue weighted by Gasteiger charge is -2.28. The van der Waals surface area contributed by atoms with Crippen molar-refractivity contribution in [2.75, 3.05) is 6.61 Å². The van der Waals surface area contributed by atoms with Crippen molar-refractivity contribution in [3.8, 4) is 5.75 Å². The maximum Gasteiger partial charge on any atom is 0.220 e. The van der Waals surface area contributed by atoms with Crippen LogP contribution >= 0.6 is 0 Å². The molecule has 0 radical (unpaired) electrons. The van der Waals surface area contributed by atoms with Crippen LogP contribution in [0.25, 0.3) is 0 Å². The number of hydrogen-bond donors (Lipinski definition) is 2. The fraction of sp³-hybridized carbons (Fsp3) is 0.588. The maximum atomic E-state index is 11.8. The zero-order valence-electron chi connectivity index (χ0n) is 12.7. The number of benzene rings is 1. The van der Waals surface area contributed by atoms with E-state index >= 15 is 0 Å². The van der Waals surface area contributed by atoms with E-state index in [1.165, 1.54) is 0 Å². The van der Waals surface area contributed by atoms with Crippen LogP contribution in [0.4, 0.5) is 0 Å². The average Bonchev–Trinajstić information content (AvgIpc) is 2.46. The Morgan fingerprint density at radius 3 is 2.95 bits per heavy atom. The summed E-state index contributed by atoms with van der Waals surface area (Å²) in [6.45, 7) is 2.56. The van der Waals surface area contributed by atoms with Crippen LogP contribution in [-0.2, 0) is 4.79 Å². The van der Waals surface area contributed by atoms with E-state index in [4.69, 9.17) is 4.74 Å². The molecule has 2 unspecified atom stereocenters. The Balaban J connectivity index is 1.63. The Morgan fingerprint density at radius 2 is 2.19 bits per heavy atom. The van der Waals surface area contributed by atoms with Gasteiger partial charge in [0.05, 0.1) is 18.8 Å². The lowest BCUT2D eigenvalue weighted by molar-refractivity contribution is -0.123. The van der Waals surface area contributed by atoms with E-state index in [0.717, 1.165) is 37.0 Å². The smallest absolute Gasteiger partial charge is 0.220 e. The molecular weight excluding hydrogens is 266 g/mol. The highest BCUT2D eigenvalue weighted by molar-refractivity contribution is 5.76. The number of carbonyl (C=O) groups is 1. The minimum absolute atomic E-state index is 0.00814.